The molecule has 0 spiro atoms. The normalized spacial score (nSPS) is 16.1. The maximum absolute atomic E-state index is 12.8. The van der Waals surface area contributed by atoms with E-state index in [4.69, 9.17) is 4.42 Å². The lowest BCUT2D eigenvalue weighted by atomic mass is 9.96. The Kier molecular flexibility index (Phi) is 8.30. The fourth-order valence-electron chi connectivity index (χ4n) is 3.57. The molecule has 4 rings (SSSR count). The van der Waals surface area contributed by atoms with Crippen LogP contribution in [0.2, 0.25) is 0 Å². The van der Waals surface area contributed by atoms with E-state index in [1.54, 1.807) is 6.26 Å². The van der Waals surface area contributed by atoms with Crippen LogP contribution in [0.15, 0.2) is 53.1 Å². The zero-order valence-corrected chi connectivity index (χ0v) is 17.2. The van der Waals surface area contributed by atoms with Gasteiger partial charge < -0.3 is 15.1 Å². The first-order chi connectivity index (χ1) is 12.8. The Hall–Kier alpha value is -2.08. The summed E-state index contributed by atoms with van der Waals surface area (Å²) in [6, 6.07) is 13.2. The minimum atomic E-state index is -0.0554. The molecule has 1 saturated heterocycles. The van der Waals surface area contributed by atoms with Crippen LogP contribution in [-0.4, -0.2) is 30.5 Å². The van der Waals surface area contributed by atoms with Gasteiger partial charge in [0, 0.05) is 11.9 Å². The fraction of sp³-hybridized carbons (Fsp3) is 0.333. The number of pyridine rings is 1. The number of benzene rings is 1. The van der Waals surface area contributed by atoms with E-state index in [-0.39, 0.29) is 30.7 Å². The molecule has 7 heteroatoms. The zero-order valence-electron chi connectivity index (χ0n) is 15.5. The van der Waals surface area contributed by atoms with Gasteiger partial charge in [-0.05, 0) is 62.5 Å². The van der Waals surface area contributed by atoms with Crippen molar-refractivity contribution in [2.45, 2.75) is 19.3 Å². The number of fused-ring (bicyclic) bond motifs is 1. The molecule has 1 aromatic carbocycles. The highest BCUT2D eigenvalue weighted by atomic mass is 35.5. The summed E-state index contributed by atoms with van der Waals surface area (Å²) in [6.45, 7) is 2.86. The van der Waals surface area contributed by atoms with Gasteiger partial charge in [0.15, 0.2) is 5.76 Å². The molecule has 0 bridgehead atoms. The molecule has 3 heterocycles. The van der Waals surface area contributed by atoms with E-state index in [1.165, 1.54) is 12.8 Å². The van der Waals surface area contributed by atoms with Crippen LogP contribution < -0.4 is 10.6 Å². The van der Waals surface area contributed by atoms with Crippen LogP contribution in [0.3, 0.4) is 0 Å². The molecule has 1 fully saturated rings. The lowest BCUT2D eigenvalue weighted by Crippen LogP contribution is -2.33. The summed E-state index contributed by atoms with van der Waals surface area (Å²) in [5.41, 5.74) is 2.11. The van der Waals surface area contributed by atoms with Crippen molar-refractivity contribution in [3.8, 4) is 11.5 Å². The Morgan fingerprint density at radius 2 is 2.07 bits per heavy atom. The Balaban J connectivity index is 0.00000140. The first-order valence-electron chi connectivity index (χ1n) is 9.24. The Morgan fingerprint density at radius 3 is 2.82 bits per heavy atom. The first kappa shape index (κ1) is 22.2. The number of aromatic nitrogens is 1. The smallest absolute Gasteiger partial charge is 0.252 e. The van der Waals surface area contributed by atoms with Crippen LogP contribution in [0, 0.1) is 5.92 Å². The van der Waals surface area contributed by atoms with Crippen molar-refractivity contribution in [2.24, 2.45) is 5.92 Å². The topological polar surface area (TPSA) is 67.2 Å². The van der Waals surface area contributed by atoms with Crippen LogP contribution >= 0.6 is 24.8 Å². The Bertz CT molecular complexity index is 894. The van der Waals surface area contributed by atoms with Gasteiger partial charge in [0.1, 0.15) is 5.69 Å². The maximum Gasteiger partial charge on any atom is 0.252 e. The molecule has 1 unspecified atom stereocenters. The van der Waals surface area contributed by atoms with Crippen molar-refractivity contribution in [3.05, 3.63) is 54.3 Å². The molecular weight excluding hydrogens is 397 g/mol. The zero-order chi connectivity index (χ0) is 17.8. The quantitative estimate of drug-likeness (QED) is 0.637. The van der Waals surface area contributed by atoms with Gasteiger partial charge in [0.05, 0.1) is 17.3 Å². The van der Waals surface area contributed by atoms with E-state index < -0.39 is 0 Å². The number of hydrogen-bond acceptors (Lipinski definition) is 4. The van der Waals surface area contributed by atoms with Crippen molar-refractivity contribution in [3.63, 3.8) is 0 Å². The van der Waals surface area contributed by atoms with Crippen molar-refractivity contribution in [1.82, 2.24) is 15.6 Å². The van der Waals surface area contributed by atoms with Crippen LogP contribution in [0.1, 0.15) is 29.6 Å². The average molecular weight is 422 g/mol. The van der Waals surface area contributed by atoms with Crippen molar-refractivity contribution >= 4 is 41.6 Å². The molecule has 3 aromatic rings. The second-order valence-corrected chi connectivity index (χ2v) is 6.81. The monoisotopic (exact) mass is 421 g/mol. The number of nitrogens with one attached hydrogen (secondary N) is 2. The highest BCUT2D eigenvalue weighted by Crippen LogP contribution is 2.25. The fourth-order valence-corrected chi connectivity index (χ4v) is 3.57. The number of hydrogen-bond donors (Lipinski definition) is 2. The van der Waals surface area contributed by atoms with Crippen molar-refractivity contribution in [1.29, 1.82) is 0 Å². The van der Waals surface area contributed by atoms with E-state index in [1.807, 2.05) is 42.5 Å². The molecule has 1 aliphatic rings. The number of rotatable bonds is 5. The molecule has 28 heavy (non-hydrogen) atoms. The summed E-state index contributed by atoms with van der Waals surface area (Å²) < 4.78 is 5.46. The Labute approximate surface area is 177 Å². The number of furan rings is 1. The molecule has 2 N–H and O–H groups in total. The number of halogens is 2. The SMILES string of the molecule is Cl.Cl.O=C(NCCC1CCCNC1)c1cc(-c2ccco2)nc2ccccc12. The van der Waals surface area contributed by atoms with Gasteiger partial charge in [0.2, 0.25) is 0 Å². The van der Waals surface area contributed by atoms with Crippen molar-refractivity contribution in [2.75, 3.05) is 19.6 Å². The van der Waals surface area contributed by atoms with Gasteiger partial charge in [-0.1, -0.05) is 18.2 Å². The number of carbonyl (C=O) groups is 1. The lowest BCUT2D eigenvalue weighted by Gasteiger charge is -2.22. The van der Waals surface area contributed by atoms with Crippen molar-refractivity contribution < 1.29 is 9.21 Å². The molecule has 0 aliphatic carbocycles. The number of piperidine rings is 1. The van der Waals surface area contributed by atoms with E-state index >= 15 is 0 Å². The van der Waals surface area contributed by atoms with Gasteiger partial charge in [-0.25, -0.2) is 4.98 Å². The van der Waals surface area contributed by atoms with Gasteiger partial charge in [-0.3, -0.25) is 4.79 Å². The number of para-hydroxylation sites is 1. The van der Waals surface area contributed by atoms with Gasteiger partial charge >= 0.3 is 0 Å². The maximum atomic E-state index is 12.8. The molecule has 0 saturated carbocycles. The molecule has 0 radical (unpaired) electrons. The number of nitrogens with zero attached hydrogens (tertiary/aromatic N) is 1. The van der Waals surface area contributed by atoms with E-state index in [0.717, 1.165) is 30.4 Å². The predicted molar refractivity (Wildman–Crippen MR) is 116 cm³/mol. The largest absolute Gasteiger partial charge is 0.463 e. The molecule has 1 amide bonds. The third-order valence-corrected chi connectivity index (χ3v) is 4.97. The summed E-state index contributed by atoms with van der Waals surface area (Å²) in [7, 11) is 0. The van der Waals surface area contributed by atoms with Gasteiger partial charge in [0.25, 0.3) is 5.91 Å². The van der Waals surface area contributed by atoms with Crippen LogP contribution in [0.25, 0.3) is 22.4 Å². The molecule has 1 atom stereocenters. The number of carbonyl (C=O) groups excluding carboxylic acids is 1. The molecule has 1 aliphatic heterocycles. The molecule has 2 aromatic heterocycles. The summed E-state index contributed by atoms with van der Waals surface area (Å²) >= 11 is 0. The standard InChI is InChI=1S/C21H23N3O2.2ClH/c25-21(23-11-9-15-5-3-10-22-14-15)17-13-19(20-8-4-12-26-20)24-18-7-2-1-6-16(17)18;;/h1-2,4,6-8,12-13,15,22H,3,5,9-11,14H2,(H,23,25);2*1H. The molecule has 150 valence electrons. The lowest BCUT2D eigenvalue weighted by molar-refractivity contribution is 0.0952. The summed E-state index contributed by atoms with van der Waals surface area (Å²) in [5, 5.41) is 7.37. The van der Waals surface area contributed by atoms with E-state index in [0.29, 0.717) is 29.5 Å². The highest BCUT2D eigenvalue weighted by molar-refractivity contribution is 6.07. The minimum absolute atomic E-state index is 0. The second kappa shape index (κ2) is 10.5. The summed E-state index contributed by atoms with van der Waals surface area (Å²) in [5.74, 6) is 1.26. The average Bonchev–Trinajstić information content (AvgIpc) is 3.23. The summed E-state index contributed by atoms with van der Waals surface area (Å²) in [4.78, 5) is 17.5. The number of amides is 1. The third kappa shape index (κ3) is 5.04. The molecular formula is C21H25Cl2N3O2. The highest BCUT2D eigenvalue weighted by Gasteiger charge is 2.16. The first-order valence-corrected chi connectivity index (χ1v) is 9.24. The van der Waals surface area contributed by atoms with Crippen LogP contribution in [0.5, 0.6) is 0 Å². The predicted octanol–water partition coefficient (Wildman–Crippen LogP) is 4.46. The van der Waals surface area contributed by atoms with Gasteiger partial charge in [-0.15, -0.1) is 24.8 Å². The second-order valence-electron chi connectivity index (χ2n) is 6.81. The summed E-state index contributed by atoms with van der Waals surface area (Å²) in [6.07, 6.45) is 5.08. The van der Waals surface area contributed by atoms with Crippen LogP contribution in [-0.2, 0) is 0 Å². The minimum Gasteiger partial charge on any atom is -0.463 e. The van der Waals surface area contributed by atoms with E-state index in [2.05, 4.69) is 15.6 Å². The molecule has 5 nitrogen and oxygen atoms in total. The third-order valence-electron chi connectivity index (χ3n) is 4.97. The van der Waals surface area contributed by atoms with Gasteiger partial charge in [-0.2, -0.15) is 0 Å². The van der Waals surface area contributed by atoms with E-state index in [9.17, 15) is 4.79 Å². The Morgan fingerprint density at radius 1 is 1.21 bits per heavy atom. The van der Waals surface area contributed by atoms with Crippen LogP contribution in [0.4, 0.5) is 0 Å².